The first-order chi connectivity index (χ1) is 8.13. The maximum Gasteiger partial charge on any atom is 0.287 e. The standard InChI is InChI=1S/C10H16ClN3O3/c1-3-14-10(16)9(11)8(4-12-14)13-7(5-15)6-17-2/h4,7,13,15H,3,5-6H2,1-2H3. The molecular formula is C10H16ClN3O3. The third kappa shape index (κ3) is 3.42. The summed E-state index contributed by atoms with van der Waals surface area (Å²) in [6.07, 6.45) is 1.46. The largest absolute Gasteiger partial charge is 0.394 e. The lowest BCUT2D eigenvalue weighted by Crippen LogP contribution is -2.31. The fraction of sp³-hybridized carbons (Fsp3) is 0.600. The summed E-state index contributed by atoms with van der Waals surface area (Å²) in [5, 5.41) is 16.0. The molecule has 0 aliphatic heterocycles. The number of ether oxygens (including phenoxy) is 1. The van der Waals surface area contributed by atoms with Gasteiger partial charge in [0.15, 0.2) is 0 Å². The quantitative estimate of drug-likeness (QED) is 0.772. The highest BCUT2D eigenvalue weighted by Gasteiger charge is 2.12. The van der Waals surface area contributed by atoms with Crippen LogP contribution in [0, 0.1) is 0 Å². The number of aryl methyl sites for hydroxylation is 1. The van der Waals surface area contributed by atoms with Crippen molar-refractivity contribution in [2.45, 2.75) is 19.5 Å². The number of aliphatic hydroxyl groups is 1. The van der Waals surface area contributed by atoms with E-state index in [9.17, 15) is 4.79 Å². The molecule has 1 aromatic rings. The number of nitrogens with zero attached hydrogens (tertiary/aromatic N) is 2. The molecule has 0 aliphatic rings. The number of rotatable bonds is 6. The predicted molar refractivity (Wildman–Crippen MR) is 65.6 cm³/mol. The third-order valence-electron chi connectivity index (χ3n) is 2.23. The molecule has 0 bridgehead atoms. The molecule has 0 aliphatic carbocycles. The molecule has 1 rings (SSSR count). The summed E-state index contributed by atoms with van der Waals surface area (Å²) in [4.78, 5) is 11.7. The monoisotopic (exact) mass is 261 g/mol. The highest BCUT2D eigenvalue weighted by molar-refractivity contribution is 6.32. The Balaban J connectivity index is 2.92. The SMILES string of the molecule is CCn1ncc(NC(CO)COC)c(Cl)c1=O. The number of aliphatic hydroxyl groups excluding tert-OH is 1. The van der Waals surface area contributed by atoms with Gasteiger partial charge < -0.3 is 15.2 Å². The summed E-state index contributed by atoms with van der Waals surface area (Å²) in [5.74, 6) is 0. The van der Waals surface area contributed by atoms with Crippen LogP contribution in [0.2, 0.25) is 5.02 Å². The number of halogens is 1. The Bertz CT molecular complexity index is 422. The Hall–Kier alpha value is -1.11. The fourth-order valence-corrected chi connectivity index (χ4v) is 1.55. The molecule has 1 unspecified atom stereocenters. The molecule has 2 N–H and O–H groups in total. The molecule has 0 saturated heterocycles. The van der Waals surface area contributed by atoms with E-state index in [2.05, 4.69) is 10.4 Å². The van der Waals surface area contributed by atoms with E-state index in [1.54, 1.807) is 6.92 Å². The molecule has 6 nitrogen and oxygen atoms in total. The number of nitrogens with one attached hydrogen (secondary N) is 1. The van der Waals surface area contributed by atoms with Crippen molar-refractivity contribution in [1.82, 2.24) is 9.78 Å². The fourth-order valence-electron chi connectivity index (χ4n) is 1.35. The summed E-state index contributed by atoms with van der Waals surface area (Å²) in [7, 11) is 1.53. The molecule has 0 saturated carbocycles. The Morgan fingerprint density at radius 1 is 1.71 bits per heavy atom. The Morgan fingerprint density at radius 2 is 2.41 bits per heavy atom. The van der Waals surface area contributed by atoms with Gasteiger partial charge in [0.05, 0.1) is 31.1 Å². The first-order valence-electron chi connectivity index (χ1n) is 5.26. The summed E-state index contributed by atoms with van der Waals surface area (Å²) in [5.41, 5.74) is 0.0470. The second kappa shape index (κ2) is 6.58. The van der Waals surface area contributed by atoms with Crippen LogP contribution in [-0.4, -0.2) is 41.3 Å². The number of aromatic nitrogens is 2. The molecule has 1 atom stereocenters. The zero-order valence-electron chi connectivity index (χ0n) is 9.81. The second-order valence-electron chi connectivity index (χ2n) is 3.47. The summed E-state index contributed by atoms with van der Waals surface area (Å²) < 4.78 is 6.17. The van der Waals surface area contributed by atoms with E-state index < -0.39 is 0 Å². The molecule has 1 aromatic heterocycles. The lowest BCUT2D eigenvalue weighted by molar-refractivity contribution is 0.153. The van der Waals surface area contributed by atoms with Crippen LogP contribution in [-0.2, 0) is 11.3 Å². The van der Waals surface area contributed by atoms with Gasteiger partial charge in [0, 0.05) is 13.7 Å². The van der Waals surface area contributed by atoms with E-state index in [4.69, 9.17) is 21.4 Å². The minimum Gasteiger partial charge on any atom is -0.394 e. The molecule has 0 aromatic carbocycles. The average molecular weight is 262 g/mol. The topological polar surface area (TPSA) is 76.4 Å². The highest BCUT2D eigenvalue weighted by Crippen LogP contribution is 2.16. The molecular weight excluding hydrogens is 246 g/mol. The predicted octanol–water partition coefficient (Wildman–Crippen LogP) is 0.336. The molecule has 96 valence electrons. The van der Waals surface area contributed by atoms with E-state index in [-0.39, 0.29) is 23.2 Å². The van der Waals surface area contributed by atoms with Crippen LogP contribution in [0.1, 0.15) is 6.92 Å². The number of methoxy groups -OCH3 is 1. The van der Waals surface area contributed by atoms with E-state index >= 15 is 0 Å². The van der Waals surface area contributed by atoms with Crippen molar-refractivity contribution in [2.24, 2.45) is 0 Å². The summed E-state index contributed by atoms with van der Waals surface area (Å²) >= 11 is 5.92. The zero-order chi connectivity index (χ0) is 12.8. The number of hydrogen-bond donors (Lipinski definition) is 2. The van der Waals surface area contributed by atoms with E-state index in [0.717, 1.165) is 0 Å². The Morgan fingerprint density at radius 3 is 2.94 bits per heavy atom. The van der Waals surface area contributed by atoms with Crippen LogP contribution in [0.5, 0.6) is 0 Å². The minimum atomic E-state index is -0.353. The molecule has 1 heterocycles. The first kappa shape index (κ1) is 14.0. The van der Waals surface area contributed by atoms with Gasteiger partial charge in [-0.3, -0.25) is 4.79 Å². The van der Waals surface area contributed by atoms with Gasteiger partial charge in [0.1, 0.15) is 5.02 Å². The van der Waals surface area contributed by atoms with Gasteiger partial charge >= 0.3 is 0 Å². The van der Waals surface area contributed by atoms with Gasteiger partial charge in [-0.15, -0.1) is 0 Å². The van der Waals surface area contributed by atoms with Crippen molar-refractivity contribution >= 4 is 17.3 Å². The maximum atomic E-state index is 11.7. The van der Waals surface area contributed by atoms with Crippen molar-refractivity contribution in [2.75, 3.05) is 25.6 Å². The van der Waals surface area contributed by atoms with Gasteiger partial charge in [-0.1, -0.05) is 11.6 Å². The molecule has 7 heteroatoms. The van der Waals surface area contributed by atoms with Gasteiger partial charge in [0.25, 0.3) is 5.56 Å². The molecule has 0 spiro atoms. The van der Waals surface area contributed by atoms with E-state index in [0.29, 0.717) is 18.8 Å². The van der Waals surface area contributed by atoms with Crippen molar-refractivity contribution < 1.29 is 9.84 Å². The number of anilines is 1. The summed E-state index contributed by atoms with van der Waals surface area (Å²) in [6, 6.07) is -0.323. The average Bonchev–Trinajstić information content (AvgIpc) is 2.34. The Labute approximate surface area is 104 Å². The van der Waals surface area contributed by atoms with Crippen LogP contribution in [0.15, 0.2) is 11.0 Å². The van der Waals surface area contributed by atoms with Gasteiger partial charge in [-0.25, -0.2) is 4.68 Å². The van der Waals surface area contributed by atoms with Crippen LogP contribution < -0.4 is 10.9 Å². The lowest BCUT2D eigenvalue weighted by atomic mass is 10.3. The third-order valence-corrected chi connectivity index (χ3v) is 2.60. The maximum absolute atomic E-state index is 11.7. The molecule has 0 fully saturated rings. The van der Waals surface area contributed by atoms with Crippen molar-refractivity contribution in [3.05, 3.63) is 21.6 Å². The molecule has 0 amide bonds. The lowest BCUT2D eigenvalue weighted by Gasteiger charge is -2.17. The number of hydrogen-bond acceptors (Lipinski definition) is 5. The normalized spacial score (nSPS) is 12.5. The van der Waals surface area contributed by atoms with E-state index in [1.807, 2.05) is 0 Å². The second-order valence-corrected chi connectivity index (χ2v) is 3.85. The molecule has 0 radical (unpaired) electrons. The van der Waals surface area contributed by atoms with Gasteiger partial charge in [-0.05, 0) is 6.92 Å². The van der Waals surface area contributed by atoms with Crippen LogP contribution in [0.3, 0.4) is 0 Å². The smallest absolute Gasteiger partial charge is 0.287 e. The molecule has 17 heavy (non-hydrogen) atoms. The van der Waals surface area contributed by atoms with Crippen molar-refractivity contribution in [3.63, 3.8) is 0 Å². The minimum absolute atomic E-state index is 0.0661. The summed E-state index contributed by atoms with van der Waals surface area (Å²) in [6.45, 7) is 2.45. The van der Waals surface area contributed by atoms with Crippen LogP contribution in [0.4, 0.5) is 5.69 Å². The van der Waals surface area contributed by atoms with Gasteiger partial charge in [0.2, 0.25) is 0 Å². The van der Waals surface area contributed by atoms with Crippen molar-refractivity contribution in [1.29, 1.82) is 0 Å². The van der Waals surface area contributed by atoms with Crippen LogP contribution in [0.25, 0.3) is 0 Å². The van der Waals surface area contributed by atoms with Crippen LogP contribution >= 0.6 is 11.6 Å². The van der Waals surface area contributed by atoms with Gasteiger partial charge in [-0.2, -0.15) is 5.10 Å². The Kier molecular flexibility index (Phi) is 5.40. The first-order valence-corrected chi connectivity index (χ1v) is 5.63. The zero-order valence-corrected chi connectivity index (χ0v) is 10.6. The van der Waals surface area contributed by atoms with Crippen molar-refractivity contribution in [3.8, 4) is 0 Å². The van der Waals surface area contributed by atoms with E-state index in [1.165, 1.54) is 18.0 Å². The highest BCUT2D eigenvalue weighted by atomic mass is 35.5.